The molecule has 2 N–H and O–H groups in total. The molecule has 2 aromatic carbocycles. The first kappa shape index (κ1) is 15.0. The predicted molar refractivity (Wildman–Crippen MR) is 82.7 cm³/mol. The van der Waals surface area contributed by atoms with Crippen molar-refractivity contribution in [2.24, 2.45) is 5.73 Å². The Hall–Kier alpha value is -1.39. The molecule has 0 aliphatic rings. The minimum Gasteiger partial charge on any atom is -0.457 e. The summed E-state index contributed by atoms with van der Waals surface area (Å²) in [6, 6.07) is 10.3. The highest BCUT2D eigenvalue weighted by Crippen LogP contribution is 2.29. The van der Waals surface area contributed by atoms with Crippen molar-refractivity contribution >= 4 is 15.9 Å². The van der Waals surface area contributed by atoms with E-state index in [0.717, 1.165) is 22.0 Å². The summed E-state index contributed by atoms with van der Waals surface area (Å²) in [6.45, 7) is 3.85. The molecular weight excluding hydrogens is 321 g/mol. The minimum atomic E-state index is -0.307. The zero-order chi connectivity index (χ0) is 14.7. The number of aryl methyl sites for hydroxylation is 1. The Balaban J connectivity index is 2.22. The van der Waals surface area contributed by atoms with Crippen LogP contribution in [0.3, 0.4) is 0 Å². The van der Waals surface area contributed by atoms with E-state index in [1.165, 1.54) is 12.1 Å². The third-order valence-corrected chi connectivity index (χ3v) is 3.68. The molecule has 0 aliphatic carbocycles. The average Bonchev–Trinajstić information content (AvgIpc) is 2.37. The SMILES string of the molecule is Cc1ccc(F)cc1Oc1ccc(CC(C)N)c(Br)c1. The van der Waals surface area contributed by atoms with E-state index in [1.54, 1.807) is 6.07 Å². The standard InChI is InChI=1S/C16H17BrFNO/c1-10-3-5-13(18)8-16(10)20-14-6-4-12(7-11(2)19)15(17)9-14/h3-6,8-9,11H,7,19H2,1-2H3. The second-order valence-corrected chi connectivity index (χ2v) is 5.80. The summed E-state index contributed by atoms with van der Waals surface area (Å²) >= 11 is 3.51. The van der Waals surface area contributed by atoms with Crippen molar-refractivity contribution in [3.63, 3.8) is 0 Å². The van der Waals surface area contributed by atoms with Crippen LogP contribution in [0.1, 0.15) is 18.1 Å². The molecule has 2 nitrogen and oxygen atoms in total. The smallest absolute Gasteiger partial charge is 0.133 e. The molecule has 20 heavy (non-hydrogen) atoms. The van der Waals surface area contributed by atoms with Crippen LogP contribution in [0.4, 0.5) is 4.39 Å². The zero-order valence-electron chi connectivity index (χ0n) is 11.5. The molecule has 0 saturated carbocycles. The fourth-order valence-electron chi connectivity index (χ4n) is 1.91. The van der Waals surface area contributed by atoms with Gasteiger partial charge in [0.1, 0.15) is 17.3 Å². The molecule has 0 fully saturated rings. The van der Waals surface area contributed by atoms with E-state index in [2.05, 4.69) is 15.9 Å². The average molecular weight is 338 g/mol. The highest BCUT2D eigenvalue weighted by atomic mass is 79.9. The molecule has 0 amide bonds. The number of benzene rings is 2. The molecule has 1 unspecified atom stereocenters. The van der Waals surface area contributed by atoms with E-state index >= 15 is 0 Å². The van der Waals surface area contributed by atoms with Gasteiger partial charge in [-0.1, -0.05) is 28.1 Å². The van der Waals surface area contributed by atoms with Crippen LogP contribution in [0, 0.1) is 12.7 Å². The van der Waals surface area contributed by atoms with Gasteiger partial charge in [0.2, 0.25) is 0 Å². The van der Waals surface area contributed by atoms with Crippen molar-refractivity contribution in [1.29, 1.82) is 0 Å². The first-order valence-corrected chi connectivity index (χ1v) is 7.23. The second kappa shape index (κ2) is 6.37. The summed E-state index contributed by atoms with van der Waals surface area (Å²) in [6.07, 6.45) is 0.792. The Morgan fingerprint density at radius 1 is 1.25 bits per heavy atom. The van der Waals surface area contributed by atoms with Crippen molar-refractivity contribution in [3.8, 4) is 11.5 Å². The van der Waals surface area contributed by atoms with Crippen molar-refractivity contribution in [3.05, 3.63) is 57.8 Å². The van der Waals surface area contributed by atoms with Gasteiger partial charge in [-0.15, -0.1) is 0 Å². The van der Waals surface area contributed by atoms with E-state index in [9.17, 15) is 4.39 Å². The third-order valence-electron chi connectivity index (χ3n) is 2.94. The van der Waals surface area contributed by atoms with Gasteiger partial charge >= 0.3 is 0 Å². The second-order valence-electron chi connectivity index (χ2n) is 4.95. The van der Waals surface area contributed by atoms with Gasteiger partial charge in [0.15, 0.2) is 0 Å². The Morgan fingerprint density at radius 2 is 2.00 bits per heavy atom. The lowest BCUT2D eigenvalue weighted by Crippen LogP contribution is -2.17. The summed E-state index contributed by atoms with van der Waals surface area (Å²) in [4.78, 5) is 0. The van der Waals surface area contributed by atoms with E-state index in [-0.39, 0.29) is 11.9 Å². The molecule has 2 rings (SSSR count). The van der Waals surface area contributed by atoms with Gasteiger partial charge in [0, 0.05) is 16.6 Å². The maximum absolute atomic E-state index is 13.2. The zero-order valence-corrected chi connectivity index (χ0v) is 13.1. The van der Waals surface area contributed by atoms with Gasteiger partial charge < -0.3 is 10.5 Å². The Bertz CT molecular complexity index is 613. The number of ether oxygens (including phenoxy) is 1. The van der Waals surface area contributed by atoms with Gasteiger partial charge in [-0.25, -0.2) is 4.39 Å². The van der Waals surface area contributed by atoms with Crippen LogP contribution in [0.5, 0.6) is 11.5 Å². The molecule has 0 heterocycles. The fraction of sp³-hybridized carbons (Fsp3) is 0.250. The molecule has 0 aliphatic heterocycles. The van der Waals surface area contributed by atoms with Gasteiger partial charge in [-0.05, 0) is 49.6 Å². The number of hydrogen-bond donors (Lipinski definition) is 1. The van der Waals surface area contributed by atoms with Gasteiger partial charge in [-0.3, -0.25) is 0 Å². The summed E-state index contributed by atoms with van der Waals surface area (Å²) in [7, 11) is 0. The highest BCUT2D eigenvalue weighted by molar-refractivity contribution is 9.10. The van der Waals surface area contributed by atoms with E-state index in [1.807, 2.05) is 32.0 Å². The number of nitrogens with two attached hydrogens (primary N) is 1. The topological polar surface area (TPSA) is 35.2 Å². The maximum atomic E-state index is 13.2. The number of halogens is 2. The molecule has 0 spiro atoms. The lowest BCUT2D eigenvalue weighted by atomic mass is 10.1. The Labute approximate surface area is 126 Å². The highest BCUT2D eigenvalue weighted by Gasteiger charge is 2.07. The Morgan fingerprint density at radius 3 is 2.65 bits per heavy atom. The normalized spacial score (nSPS) is 12.2. The van der Waals surface area contributed by atoms with Crippen LogP contribution in [0.2, 0.25) is 0 Å². The molecule has 2 aromatic rings. The molecule has 106 valence electrons. The van der Waals surface area contributed by atoms with Crippen LogP contribution < -0.4 is 10.5 Å². The first-order chi connectivity index (χ1) is 9.45. The van der Waals surface area contributed by atoms with Crippen molar-refractivity contribution in [2.75, 3.05) is 0 Å². The van der Waals surface area contributed by atoms with E-state index < -0.39 is 0 Å². The van der Waals surface area contributed by atoms with Crippen LogP contribution >= 0.6 is 15.9 Å². The molecule has 0 radical (unpaired) electrons. The number of hydrogen-bond acceptors (Lipinski definition) is 2. The van der Waals surface area contributed by atoms with Crippen LogP contribution in [0.15, 0.2) is 40.9 Å². The van der Waals surface area contributed by atoms with E-state index in [4.69, 9.17) is 10.5 Å². The maximum Gasteiger partial charge on any atom is 0.133 e. The van der Waals surface area contributed by atoms with Crippen molar-refractivity contribution < 1.29 is 9.13 Å². The van der Waals surface area contributed by atoms with Gasteiger partial charge in [-0.2, -0.15) is 0 Å². The fourth-order valence-corrected chi connectivity index (χ4v) is 2.43. The van der Waals surface area contributed by atoms with Crippen LogP contribution in [0.25, 0.3) is 0 Å². The molecule has 4 heteroatoms. The molecule has 0 saturated heterocycles. The lowest BCUT2D eigenvalue weighted by molar-refractivity contribution is 0.472. The van der Waals surface area contributed by atoms with Crippen LogP contribution in [-0.4, -0.2) is 6.04 Å². The molecule has 0 aromatic heterocycles. The quantitative estimate of drug-likeness (QED) is 0.886. The largest absolute Gasteiger partial charge is 0.457 e. The van der Waals surface area contributed by atoms with Crippen molar-refractivity contribution in [1.82, 2.24) is 0 Å². The molecule has 1 atom stereocenters. The third kappa shape index (κ3) is 3.81. The van der Waals surface area contributed by atoms with Crippen molar-refractivity contribution in [2.45, 2.75) is 26.3 Å². The van der Waals surface area contributed by atoms with Crippen LogP contribution in [-0.2, 0) is 6.42 Å². The van der Waals surface area contributed by atoms with Gasteiger partial charge in [0.25, 0.3) is 0 Å². The lowest BCUT2D eigenvalue weighted by Gasteiger charge is -2.12. The van der Waals surface area contributed by atoms with E-state index in [0.29, 0.717) is 11.5 Å². The monoisotopic (exact) mass is 337 g/mol. The van der Waals surface area contributed by atoms with Gasteiger partial charge in [0.05, 0.1) is 0 Å². The first-order valence-electron chi connectivity index (χ1n) is 6.43. The summed E-state index contributed by atoms with van der Waals surface area (Å²) in [5.41, 5.74) is 7.82. The Kier molecular flexibility index (Phi) is 4.78. The summed E-state index contributed by atoms with van der Waals surface area (Å²) in [5, 5.41) is 0. The predicted octanol–water partition coefficient (Wildman–Crippen LogP) is 4.58. The molecular formula is C16H17BrFNO. The minimum absolute atomic E-state index is 0.100. The number of rotatable bonds is 4. The summed E-state index contributed by atoms with van der Waals surface area (Å²) in [5.74, 6) is 0.883. The summed E-state index contributed by atoms with van der Waals surface area (Å²) < 4.78 is 19.9. The molecule has 0 bridgehead atoms.